The van der Waals surface area contributed by atoms with E-state index in [9.17, 15) is 8.42 Å². The Morgan fingerprint density at radius 1 is 0.962 bits per heavy atom. The first-order valence-electron chi connectivity index (χ1n) is 7.98. The molecule has 0 amide bonds. The summed E-state index contributed by atoms with van der Waals surface area (Å²) in [5.41, 5.74) is 3.23. The summed E-state index contributed by atoms with van der Waals surface area (Å²) in [7, 11) is -2.12. The molecule has 0 saturated heterocycles. The molecule has 3 aromatic rings. The van der Waals surface area contributed by atoms with Crippen molar-refractivity contribution in [3.63, 3.8) is 0 Å². The van der Waals surface area contributed by atoms with Crippen LogP contribution < -0.4 is 4.72 Å². The smallest absolute Gasteiger partial charge is 0.263 e. The van der Waals surface area contributed by atoms with Gasteiger partial charge >= 0.3 is 0 Å². The van der Waals surface area contributed by atoms with Gasteiger partial charge in [0.05, 0.1) is 11.5 Å². The van der Waals surface area contributed by atoms with Gasteiger partial charge in [-0.25, -0.2) is 13.4 Å². The summed E-state index contributed by atoms with van der Waals surface area (Å²) in [5.74, 6) is 0.188. The van der Waals surface area contributed by atoms with Crippen molar-refractivity contribution < 1.29 is 13.2 Å². The van der Waals surface area contributed by atoms with E-state index in [1.807, 2.05) is 31.2 Å². The number of methoxy groups -OCH3 is 1. The molecule has 0 spiro atoms. The van der Waals surface area contributed by atoms with E-state index in [1.54, 1.807) is 31.4 Å². The molecule has 7 heteroatoms. The lowest BCUT2D eigenvalue weighted by Gasteiger charge is -2.11. The molecule has 1 N–H and O–H groups in total. The Morgan fingerprint density at radius 2 is 1.62 bits per heavy atom. The fourth-order valence-electron chi connectivity index (χ4n) is 2.45. The van der Waals surface area contributed by atoms with Gasteiger partial charge in [-0.2, -0.15) is 0 Å². The van der Waals surface area contributed by atoms with Crippen molar-refractivity contribution in [3.8, 4) is 11.3 Å². The predicted molar refractivity (Wildman–Crippen MR) is 100 cm³/mol. The summed E-state index contributed by atoms with van der Waals surface area (Å²) in [6, 6.07) is 14.2. The van der Waals surface area contributed by atoms with Crippen molar-refractivity contribution in [2.75, 3.05) is 11.8 Å². The van der Waals surface area contributed by atoms with Gasteiger partial charge in [-0.3, -0.25) is 9.71 Å². The van der Waals surface area contributed by atoms with Gasteiger partial charge in [-0.1, -0.05) is 42.0 Å². The van der Waals surface area contributed by atoms with E-state index < -0.39 is 10.0 Å². The first kappa shape index (κ1) is 18.0. The highest BCUT2D eigenvalue weighted by Crippen LogP contribution is 2.26. The lowest BCUT2D eigenvalue weighted by atomic mass is 10.1. The van der Waals surface area contributed by atoms with Crippen LogP contribution in [0.25, 0.3) is 11.3 Å². The summed E-state index contributed by atoms with van der Waals surface area (Å²) in [6.45, 7) is 2.41. The fraction of sp³-hybridized carbons (Fsp3) is 0.158. The highest BCUT2D eigenvalue weighted by atomic mass is 32.2. The summed E-state index contributed by atoms with van der Waals surface area (Å²) in [6.07, 6.45) is 2.98. The molecule has 3 rings (SSSR count). The molecule has 1 aromatic heterocycles. The Morgan fingerprint density at radius 3 is 2.27 bits per heavy atom. The molecule has 1 heterocycles. The van der Waals surface area contributed by atoms with Crippen LogP contribution in [0, 0.1) is 6.92 Å². The third kappa shape index (κ3) is 4.07. The molecule has 0 atom stereocenters. The van der Waals surface area contributed by atoms with Gasteiger partial charge < -0.3 is 4.74 Å². The van der Waals surface area contributed by atoms with E-state index in [1.165, 1.54) is 12.4 Å². The first-order valence-corrected chi connectivity index (χ1v) is 9.46. The van der Waals surface area contributed by atoms with E-state index in [0.717, 1.165) is 16.7 Å². The van der Waals surface area contributed by atoms with E-state index >= 15 is 0 Å². The highest BCUT2D eigenvalue weighted by Gasteiger charge is 2.18. The Labute approximate surface area is 153 Å². The quantitative estimate of drug-likeness (QED) is 0.720. The summed E-state index contributed by atoms with van der Waals surface area (Å²) in [5, 5.41) is 0. The number of hydrogen-bond donors (Lipinski definition) is 1. The average Bonchev–Trinajstić information content (AvgIpc) is 2.63. The monoisotopic (exact) mass is 369 g/mol. The standard InChI is InChI=1S/C19H19N3O3S/c1-14-3-9-17(10-4-14)26(23,24)22-19-18(20-11-12-21-19)16-7-5-15(6-8-16)13-25-2/h3-12H,13H2,1-2H3,(H,21,22). The minimum atomic E-state index is -3.75. The fourth-order valence-corrected chi connectivity index (χ4v) is 3.47. The first-order chi connectivity index (χ1) is 12.5. The van der Waals surface area contributed by atoms with Crippen LogP contribution in [0.1, 0.15) is 11.1 Å². The van der Waals surface area contributed by atoms with Crippen LogP contribution in [-0.2, 0) is 21.4 Å². The zero-order chi connectivity index (χ0) is 18.6. The van der Waals surface area contributed by atoms with Crippen LogP contribution in [-0.4, -0.2) is 25.5 Å². The Bertz CT molecular complexity index is 985. The molecule has 2 aromatic carbocycles. The third-order valence-electron chi connectivity index (χ3n) is 3.80. The van der Waals surface area contributed by atoms with Gasteiger partial charge in [-0.05, 0) is 24.6 Å². The van der Waals surface area contributed by atoms with Gasteiger partial charge in [0.1, 0.15) is 5.69 Å². The second-order valence-corrected chi connectivity index (χ2v) is 7.48. The number of anilines is 1. The van der Waals surface area contributed by atoms with Crippen molar-refractivity contribution in [3.05, 3.63) is 72.1 Å². The molecule has 6 nitrogen and oxygen atoms in total. The average molecular weight is 369 g/mol. The van der Waals surface area contributed by atoms with Crippen molar-refractivity contribution in [2.24, 2.45) is 0 Å². The number of ether oxygens (including phenoxy) is 1. The van der Waals surface area contributed by atoms with Crippen LogP contribution in [0.5, 0.6) is 0 Å². The van der Waals surface area contributed by atoms with E-state index in [-0.39, 0.29) is 10.7 Å². The maximum atomic E-state index is 12.6. The minimum absolute atomic E-state index is 0.176. The van der Waals surface area contributed by atoms with Crippen molar-refractivity contribution in [1.82, 2.24) is 9.97 Å². The van der Waals surface area contributed by atoms with Crippen LogP contribution in [0.2, 0.25) is 0 Å². The molecule has 134 valence electrons. The van der Waals surface area contributed by atoms with Gasteiger partial charge in [-0.15, -0.1) is 0 Å². The summed E-state index contributed by atoms with van der Waals surface area (Å²) >= 11 is 0. The topological polar surface area (TPSA) is 81.2 Å². The van der Waals surface area contributed by atoms with Gasteiger partial charge in [0, 0.05) is 25.1 Å². The number of sulfonamides is 1. The molecule has 0 aliphatic heterocycles. The van der Waals surface area contributed by atoms with E-state index in [4.69, 9.17) is 4.74 Å². The maximum absolute atomic E-state index is 12.6. The molecule has 0 aliphatic rings. The SMILES string of the molecule is COCc1ccc(-c2nccnc2NS(=O)(=O)c2ccc(C)cc2)cc1. The summed E-state index contributed by atoms with van der Waals surface area (Å²) < 4.78 is 32.9. The Balaban J connectivity index is 1.93. The molecule has 0 radical (unpaired) electrons. The molecule has 0 unspecified atom stereocenters. The number of benzene rings is 2. The van der Waals surface area contributed by atoms with Crippen molar-refractivity contribution in [2.45, 2.75) is 18.4 Å². The van der Waals surface area contributed by atoms with Gasteiger partial charge in [0.25, 0.3) is 10.0 Å². The van der Waals surface area contributed by atoms with E-state index in [2.05, 4.69) is 14.7 Å². The van der Waals surface area contributed by atoms with Crippen LogP contribution in [0.15, 0.2) is 65.8 Å². The van der Waals surface area contributed by atoms with Gasteiger partial charge in [0.2, 0.25) is 0 Å². The van der Waals surface area contributed by atoms with E-state index in [0.29, 0.717) is 12.3 Å². The molecule has 0 aliphatic carbocycles. The zero-order valence-electron chi connectivity index (χ0n) is 14.5. The summed E-state index contributed by atoms with van der Waals surface area (Å²) in [4.78, 5) is 8.64. The molecule has 0 saturated carbocycles. The Kier molecular flexibility index (Phi) is 5.29. The predicted octanol–water partition coefficient (Wildman–Crippen LogP) is 3.40. The Hall–Kier alpha value is -2.77. The van der Waals surface area contributed by atoms with Crippen LogP contribution in [0.3, 0.4) is 0 Å². The number of rotatable bonds is 6. The van der Waals surface area contributed by atoms with Crippen molar-refractivity contribution in [1.29, 1.82) is 0 Å². The normalized spacial score (nSPS) is 11.3. The highest BCUT2D eigenvalue weighted by molar-refractivity contribution is 7.92. The third-order valence-corrected chi connectivity index (χ3v) is 5.15. The largest absolute Gasteiger partial charge is 0.380 e. The molecular weight excluding hydrogens is 350 g/mol. The second kappa shape index (κ2) is 7.63. The minimum Gasteiger partial charge on any atom is -0.380 e. The number of hydrogen-bond acceptors (Lipinski definition) is 5. The van der Waals surface area contributed by atoms with Crippen LogP contribution in [0.4, 0.5) is 5.82 Å². The van der Waals surface area contributed by atoms with Crippen molar-refractivity contribution >= 4 is 15.8 Å². The zero-order valence-corrected chi connectivity index (χ0v) is 15.3. The lowest BCUT2D eigenvalue weighted by Crippen LogP contribution is -2.15. The maximum Gasteiger partial charge on any atom is 0.263 e. The van der Waals surface area contributed by atoms with Crippen LogP contribution >= 0.6 is 0 Å². The molecule has 26 heavy (non-hydrogen) atoms. The number of aromatic nitrogens is 2. The number of nitrogens with zero attached hydrogens (tertiary/aromatic N) is 2. The lowest BCUT2D eigenvalue weighted by molar-refractivity contribution is 0.185. The number of nitrogens with one attached hydrogen (secondary N) is 1. The molecule has 0 bridgehead atoms. The molecular formula is C19H19N3O3S. The number of aryl methyl sites for hydroxylation is 1. The van der Waals surface area contributed by atoms with Gasteiger partial charge in [0.15, 0.2) is 5.82 Å². The second-order valence-electron chi connectivity index (χ2n) is 5.80. The molecule has 0 fully saturated rings.